The van der Waals surface area contributed by atoms with E-state index in [0.29, 0.717) is 10.1 Å². The quantitative estimate of drug-likeness (QED) is 0.184. The minimum Gasteiger partial charge on any atom is -0.300 e. The zero-order valence-corrected chi connectivity index (χ0v) is 27.6. The van der Waals surface area contributed by atoms with Crippen molar-refractivity contribution < 1.29 is 22.4 Å². The average molecular weight is 656 g/mol. The lowest BCUT2D eigenvalue weighted by atomic mass is 9.93. The number of thioether (sulfide) groups is 1. The number of hydrogen-bond acceptors (Lipinski definition) is 6. The topological polar surface area (TPSA) is 105 Å². The number of rotatable bonds is 9. The van der Waals surface area contributed by atoms with Crippen molar-refractivity contribution in [3.63, 3.8) is 0 Å². The van der Waals surface area contributed by atoms with Gasteiger partial charge in [-0.2, -0.15) is 0 Å². The SMILES string of the molecule is CCCc1ccc(S(=O)(=O)NC(=O)Cc2ccc(N=C3NC(=O)/C(=C\c4ccc(-c5c(C)cc(C)cc5C)cc4)S3)cc2F)cc1. The molecular formula is C36H34FN3O4S2. The van der Waals surface area contributed by atoms with Crippen LogP contribution in [0.2, 0.25) is 0 Å². The summed E-state index contributed by atoms with van der Waals surface area (Å²) in [6.07, 6.45) is 3.04. The minimum absolute atomic E-state index is 0.0121. The summed E-state index contributed by atoms with van der Waals surface area (Å²) in [4.78, 5) is 29.9. The van der Waals surface area contributed by atoms with Gasteiger partial charge >= 0.3 is 0 Å². The number of carbonyl (C=O) groups excluding carboxylic acids is 2. The maximum Gasteiger partial charge on any atom is 0.264 e. The van der Waals surface area contributed by atoms with Crippen molar-refractivity contribution in [2.75, 3.05) is 0 Å². The van der Waals surface area contributed by atoms with Gasteiger partial charge in [0, 0.05) is 0 Å². The summed E-state index contributed by atoms with van der Waals surface area (Å²) in [5, 5.41) is 2.99. The van der Waals surface area contributed by atoms with Crippen LogP contribution in [0.25, 0.3) is 17.2 Å². The lowest BCUT2D eigenvalue weighted by Crippen LogP contribution is -2.32. The maximum absolute atomic E-state index is 14.9. The fourth-order valence-electron chi connectivity index (χ4n) is 5.42. The van der Waals surface area contributed by atoms with E-state index in [1.807, 2.05) is 35.9 Å². The normalized spacial score (nSPS) is 14.9. The van der Waals surface area contributed by atoms with Crippen LogP contribution < -0.4 is 10.0 Å². The first-order valence-electron chi connectivity index (χ1n) is 14.8. The molecule has 0 unspecified atom stereocenters. The van der Waals surface area contributed by atoms with Crippen LogP contribution in [0.5, 0.6) is 0 Å². The first kappa shape index (κ1) is 32.8. The van der Waals surface area contributed by atoms with Gasteiger partial charge in [-0.1, -0.05) is 73.5 Å². The number of aliphatic imine (C=N–C) groups is 1. The van der Waals surface area contributed by atoms with E-state index in [1.54, 1.807) is 18.2 Å². The summed E-state index contributed by atoms with van der Waals surface area (Å²) >= 11 is 1.14. The van der Waals surface area contributed by atoms with Crippen LogP contribution in [0.4, 0.5) is 10.1 Å². The standard InChI is InChI=1S/C36H34FN3O4S2/c1-5-6-25-9-15-30(16-10-25)46(43,44)40-33(41)20-28-13-14-29(21-31(28)37)38-36-39-35(42)32(45-36)19-26-7-11-27(12-8-26)34-23(3)17-22(2)18-24(34)4/h7-19,21H,5-6,20H2,1-4H3,(H,40,41)(H,38,39,42)/b32-19+. The number of halogens is 1. The summed E-state index contributed by atoms with van der Waals surface area (Å²) in [5.74, 6) is -1.89. The number of aryl methyl sites for hydroxylation is 4. The third-order valence-electron chi connectivity index (χ3n) is 7.46. The fraction of sp³-hybridized carbons (Fsp3) is 0.194. The summed E-state index contributed by atoms with van der Waals surface area (Å²) < 4.78 is 42.2. The van der Waals surface area contributed by atoms with E-state index in [0.717, 1.165) is 47.4 Å². The predicted octanol–water partition coefficient (Wildman–Crippen LogP) is 7.31. The van der Waals surface area contributed by atoms with Crippen LogP contribution in [0.3, 0.4) is 0 Å². The molecule has 2 N–H and O–H groups in total. The molecule has 4 aromatic rings. The van der Waals surface area contributed by atoms with Gasteiger partial charge in [0.15, 0.2) is 5.17 Å². The molecule has 2 amide bonds. The zero-order valence-electron chi connectivity index (χ0n) is 26.0. The summed E-state index contributed by atoms with van der Waals surface area (Å²) in [5.41, 5.74) is 8.04. The Morgan fingerprint density at radius 1 is 0.957 bits per heavy atom. The number of nitrogens with one attached hydrogen (secondary N) is 2. The summed E-state index contributed by atoms with van der Waals surface area (Å²) in [7, 11) is -4.09. The van der Waals surface area contributed by atoms with E-state index < -0.39 is 28.2 Å². The van der Waals surface area contributed by atoms with Crippen LogP contribution in [-0.4, -0.2) is 25.4 Å². The largest absolute Gasteiger partial charge is 0.300 e. The second-order valence-corrected chi connectivity index (χ2v) is 14.0. The van der Waals surface area contributed by atoms with Crippen LogP contribution in [-0.2, 0) is 32.5 Å². The molecule has 0 saturated carbocycles. The molecule has 1 heterocycles. The van der Waals surface area contributed by atoms with Crippen molar-refractivity contribution in [3.05, 3.63) is 123 Å². The average Bonchev–Trinajstić information content (AvgIpc) is 3.33. The van der Waals surface area contributed by atoms with Crippen molar-refractivity contribution in [3.8, 4) is 11.1 Å². The van der Waals surface area contributed by atoms with E-state index in [-0.39, 0.29) is 22.1 Å². The number of hydrogen-bond donors (Lipinski definition) is 2. The number of sulfonamides is 1. The first-order valence-corrected chi connectivity index (χ1v) is 17.1. The van der Waals surface area contributed by atoms with Crippen LogP contribution in [0, 0.1) is 26.6 Å². The highest BCUT2D eigenvalue weighted by Gasteiger charge is 2.24. The molecule has 0 radical (unpaired) electrons. The Morgan fingerprint density at radius 2 is 1.63 bits per heavy atom. The van der Waals surface area contributed by atoms with Crippen LogP contribution >= 0.6 is 11.8 Å². The molecule has 0 aliphatic carbocycles. The molecule has 1 aliphatic heterocycles. The molecule has 5 rings (SSSR count). The second kappa shape index (κ2) is 13.8. The predicted molar refractivity (Wildman–Crippen MR) is 183 cm³/mol. The molecule has 0 spiro atoms. The third-order valence-corrected chi connectivity index (χ3v) is 9.76. The molecule has 1 aliphatic rings. The Hall–Kier alpha value is -4.54. The molecule has 1 fully saturated rings. The highest BCUT2D eigenvalue weighted by Crippen LogP contribution is 2.31. The summed E-state index contributed by atoms with van der Waals surface area (Å²) in [6, 6.07) is 22.6. The van der Waals surface area contributed by atoms with Crippen molar-refractivity contribution in [1.29, 1.82) is 0 Å². The van der Waals surface area contributed by atoms with E-state index in [2.05, 4.69) is 43.2 Å². The van der Waals surface area contributed by atoms with Gasteiger partial charge in [0.25, 0.3) is 15.9 Å². The maximum atomic E-state index is 14.9. The van der Waals surface area contributed by atoms with Crippen molar-refractivity contribution in [2.24, 2.45) is 4.99 Å². The Morgan fingerprint density at radius 3 is 2.26 bits per heavy atom. The van der Waals surface area contributed by atoms with Crippen molar-refractivity contribution in [2.45, 2.75) is 51.9 Å². The van der Waals surface area contributed by atoms with Gasteiger partial charge < -0.3 is 5.32 Å². The van der Waals surface area contributed by atoms with Gasteiger partial charge in [-0.3, -0.25) is 9.59 Å². The second-order valence-electron chi connectivity index (χ2n) is 11.3. The molecule has 0 atom stereocenters. The Labute approximate surface area is 273 Å². The third kappa shape index (κ3) is 7.81. The lowest BCUT2D eigenvalue weighted by Gasteiger charge is -2.12. The zero-order chi connectivity index (χ0) is 33.0. The smallest absolute Gasteiger partial charge is 0.264 e. The number of amides is 2. The molecule has 46 heavy (non-hydrogen) atoms. The molecule has 0 bridgehead atoms. The molecule has 4 aromatic carbocycles. The highest BCUT2D eigenvalue weighted by molar-refractivity contribution is 8.18. The van der Waals surface area contributed by atoms with Gasteiger partial charge in [-0.05, 0) is 108 Å². The molecule has 0 aromatic heterocycles. The highest BCUT2D eigenvalue weighted by atomic mass is 32.2. The molecular weight excluding hydrogens is 622 g/mol. The van der Waals surface area contributed by atoms with E-state index in [9.17, 15) is 22.4 Å². The van der Waals surface area contributed by atoms with Gasteiger partial charge in [0.05, 0.1) is 21.9 Å². The van der Waals surface area contributed by atoms with Crippen LogP contribution in [0.15, 0.2) is 93.7 Å². The van der Waals surface area contributed by atoms with E-state index in [4.69, 9.17) is 0 Å². The van der Waals surface area contributed by atoms with Crippen molar-refractivity contribution >= 4 is 50.5 Å². The monoisotopic (exact) mass is 655 g/mol. The van der Waals surface area contributed by atoms with E-state index >= 15 is 0 Å². The number of nitrogens with zero attached hydrogens (tertiary/aromatic N) is 1. The number of benzene rings is 4. The van der Waals surface area contributed by atoms with Gasteiger partial charge in [-0.25, -0.2) is 22.5 Å². The summed E-state index contributed by atoms with van der Waals surface area (Å²) in [6.45, 7) is 8.31. The Kier molecular flexibility index (Phi) is 9.88. The molecule has 7 nitrogen and oxygen atoms in total. The molecule has 1 saturated heterocycles. The number of carbonyl (C=O) groups is 2. The minimum atomic E-state index is -4.09. The van der Waals surface area contributed by atoms with Gasteiger partial charge in [0.1, 0.15) is 5.82 Å². The van der Waals surface area contributed by atoms with Crippen molar-refractivity contribution in [1.82, 2.24) is 10.0 Å². The first-order chi connectivity index (χ1) is 21.9. The van der Waals surface area contributed by atoms with Gasteiger partial charge in [-0.15, -0.1) is 0 Å². The van der Waals surface area contributed by atoms with Crippen LogP contribution in [0.1, 0.15) is 46.7 Å². The van der Waals surface area contributed by atoms with E-state index in [1.165, 1.54) is 46.5 Å². The Balaban J connectivity index is 1.23. The lowest BCUT2D eigenvalue weighted by molar-refractivity contribution is -0.118. The molecule has 236 valence electrons. The number of amidine groups is 1. The van der Waals surface area contributed by atoms with Gasteiger partial charge in [0.2, 0.25) is 5.91 Å². The Bertz CT molecular complexity index is 1960. The fourth-order valence-corrected chi connectivity index (χ4v) is 7.25. The molecule has 10 heteroatoms.